The first kappa shape index (κ1) is 29.3. The smallest absolute Gasteiger partial charge is 0.330 e. The molecule has 0 aliphatic rings. The predicted octanol–water partition coefficient (Wildman–Crippen LogP) is 1.80. The van der Waals surface area contributed by atoms with Gasteiger partial charge in [-0.3, -0.25) is 23.9 Å². The van der Waals surface area contributed by atoms with E-state index >= 15 is 0 Å². The van der Waals surface area contributed by atoms with Gasteiger partial charge in [0.05, 0.1) is 5.56 Å². The van der Waals surface area contributed by atoms with Crippen LogP contribution in [0.15, 0.2) is 33.9 Å². The fourth-order valence-electron chi connectivity index (χ4n) is 3.62. The van der Waals surface area contributed by atoms with Gasteiger partial charge in [-0.2, -0.15) is 0 Å². The third-order valence-electron chi connectivity index (χ3n) is 5.63. The molecule has 2 amide bonds. The minimum absolute atomic E-state index is 0.0993. The average molecular weight is 520 g/mol. The molecule has 0 saturated heterocycles. The van der Waals surface area contributed by atoms with Crippen molar-refractivity contribution in [2.45, 2.75) is 59.5 Å². The number of aromatic nitrogens is 2. The van der Waals surface area contributed by atoms with Crippen molar-refractivity contribution in [2.24, 2.45) is 5.92 Å². The normalized spacial score (nSPS) is 11.7. The number of hydrogen-bond donors (Lipinski definition) is 3. The number of anilines is 2. The first-order valence-corrected chi connectivity index (χ1v) is 12.2. The summed E-state index contributed by atoms with van der Waals surface area (Å²) >= 11 is 0. The van der Waals surface area contributed by atoms with Crippen LogP contribution >= 0.6 is 0 Å². The van der Waals surface area contributed by atoms with E-state index in [-0.39, 0.29) is 30.2 Å². The molecule has 0 fully saturated rings. The summed E-state index contributed by atoms with van der Waals surface area (Å²) < 4.78 is 20.3. The highest BCUT2D eigenvalue weighted by molar-refractivity contribution is 5.99. The lowest BCUT2D eigenvalue weighted by molar-refractivity contribution is -0.150. The number of ether oxygens (including phenoxy) is 1. The molecule has 0 aliphatic carbocycles. The van der Waals surface area contributed by atoms with Crippen LogP contribution in [0.3, 0.4) is 0 Å². The Morgan fingerprint density at radius 2 is 1.84 bits per heavy atom. The van der Waals surface area contributed by atoms with Crippen molar-refractivity contribution in [1.82, 2.24) is 14.9 Å². The van der Waals surface area contributed by atoms with E-state index in [0.29, 0.717) is 19.3 Å². The number of H-pyrrole nitrogens is 1. The number of unbranched alkanes of at least 4 members (excludes halogenated alkanes) is 1. The molecule has 202 valence electrons. The van der Waals surface area contributed by atoms with Gasteiger partial charge in [0.15, 0.2) is 12.3 Å². The van der Waals surface area contributed by atoms with Gasteiger partial charge in [0.2, 0.25) is 0 Å². The molecule has 0 radical (unpaired) electrons. The second kappa shape index (κ2) is 13.4. The lowest BCUT2D eigenvalue weighted by Gasteiger charge is -2.25. The van der Waals surface area contributed by atoms with Gasteiger partial charge >= 0.3 is 11.7 Å². The van der Waals surface area contributed by atoms with Gasteiger partial charge in [0.25, 0.3) is 17.4 Å². The van der Waals surface area contributed by atoms with E-state index in [1.54, 1.807) is 13.8 Å². The number of hydrogen-bond acceptors (Lipinski definition) is 7. The molecule has 0 spiro atoms. The summed E-state index contributed by atoms with van der Waals surface area (Å²) in [5, 5.41) is 2.45. The molecule has 1 aromatic carbocycles. The van der Waals surface area contributed by atoms with Crippen LogP contribution in [0.2, 0.25) is 0 Å². The molecular weight excluding hydrogens is 485 g/mol. The lowest BCUT2D eigenvalue weighted by Crippen LogP contribution is -2.47. The first-order valence-electron chi connectivity index (χ1n) is 12.2. The summed E-state index contributed by atoms with van der Waals surface area (Å²) in [6.07, 6.45) is 1.76. The number of nitrogens with zero attached hydrogens (tertiary/aromatic N) is 2. The predicted molar refractivity (Wildman–Crippen MR) is 137 cm³/mol. The van der Waals surface area contributed by atoms with E-state index in [9.17, 15) is 28.4 Å². The monoisotopic (exact) mass is 519 g/mol. The molecule has 0 aliphatic heterocycles. The number of nitrogens with one attached hydrogen (secondary N) is 2. The molecule has 1 atom stereocenters. The van der Waals surface area contributed by atoms with Crippen molar-refractivity contribution in [2.75, 3.05) is 23.8 Å². The van der Waals surface area contributed by atoms with Gasteiger partial charge in [-0.1, -0.05) is 46.2 Å². The molecule has 1 heterocycles. The van der Waals surface area contributed by atoms with Gasteiger partial charge < -0.3 is 20.7 Å². The van der Waals surface area contributed by atoms with Crippen LogP contribution in [-0.2, 0) is 20.9 Å². The average Bonchev–Trinajstić information content (AvgIpc) is 2.85. The summed E-state index contributed by atoms with van der Waals surface area (Å²) in [6.45, 7) is 6.61. The van der Waals surface area contributed by atoms with Gasteiger partial charge in [-0.05, 0) is 30.9 Å². The molecule has 12 heteroatoms. The Morgan fingerprint density at radius 3 is 2.43 bits per heavy atom. The molecule has 1 aromatic heterocycles. The Labute approximate surface area is 213 Å². The lowest BCUT2D eigenvalue weighted by atomic mass is 10.0. The van der Waals surface area contributed by atoms with Crippen molar-refractivity contribution in [1.29, 1.82) is 0 Å². The number of rotatable bonds is 12. The topological polar surface area (TPSA) is 157 Å². The zero-order valence-electron chi connectivity index (χ0n) is 21.5. The minimum Gasteiger partial charge on any atom is -0.454 e. The Morgan fingerprint density at radius 1 is 1.16 bits per heavy atom. The maximum Gasteiger partial charge on any atom is 0.330 e. The number of halogens is 1. The van der Waals surface area contributed by atoms with E-state index in [1.807, 2.05) is 13.8 Å². The van der Waals surface area contributed by atoms with Crippen molar-refractivity contribution in [3.63, 3.8) is 0 Å². The number of carbonyl (C=O) groups excluding carboxylic acids is 3. The number of benzene rings is 1. The van der Waals surface area contributed by atoms with E-state index in [2.05, 4.69) is 10.3 Å². The van der Waals surface area contributed by atoms with Gasteiger partial charge in [-0.15, -0.1) is 0 Å². The van der Waals surface area contributed by atoms with E-state index in [4.69, 9.17) is 10.5 Å². The zero-order valence-corrected chi connectivity index (χ0v) is 21.5. The van der Waals surface area contributed by atoms with Gasteiger partial charge in [0, 0.05) is 13.1 Å². The third kappa shape index (κ3) is 7.28. The third-order valence-corrected chi connectivity index (χ3v) is 5.63. The standard InChI is InChI=1S/C25H34FN5O6/c1-5-7-13-30(20-21(27)31(12-6-2)25(36)29-23(20)34)18(32)14-37-24(35)19(15(3)4)28-22(33)16-10-8-9-11-17(16)26/h8-11,15,19H,5-7,12-14,27H2,1-4H3,(H,28,33)(H,29,34,36)/t19-/m0/s1. The first-order chi connectivity index (χ1) is 17.5. The van der Waals surface area contributed by atoms with Crippen LogP contribution in [0.5, 0.6) is 0 Å². The summed E-state index contributed by atoms with van der Waals surface area (Å²) in [6, 6.07) is 4.16. The maximum absolute atomic E-state index is 14.0. The number of nitrogens with two attached hydrogens (primary N) is 1. The fraction of sp³-hybridized carbons (Fsp3) is 0.480. The quantitative estimate of drug-likeness (QED) is 0.361. The zero-order chi connectivity index (χ0) is 27.7. The number of amides is 2. The summed E-state index contributed by atoms with van der Waals surface area (Å²) in [5.41, 5.74) is 4.16. The van der Waals surface area contributed by atoms with Crippen LogP contribution < -0.4 is 27.2 Å². The highest BCUT2D eigenvalue weighted by Crippen LogP contribution is 2.18. The molecule has 11 nitrogen and oxygen atoms in total. The Kier molecular flexibility index (Phi) is 10.6. The van der Waals surface area contributed by atoms with Crippen LogP contribution in [0.1, 0.15) is 57.3 Å². The SMILES string of the molecule is CCCCN(C(=O)COC(=O)[C@@H](NC(=O)c1ccccc1F)C(C)C)c1c(N)n(CCC)c(=O)[nH]c1=O. The molecule has 0 unspecified atom stereocenters. The number of aromatic amines is 1. The summed E-state index contributed by atoms with van der Waals surface area (Å²) in [7, 11) is 0. The van der Waals surface area contributed by atoms with E-state index < -0.39 is 53.4 Å². The number of carbonyl (C=O) groups is 3. The maximum atomic E-state index is 14.0. The summed E-state index contributed by atoms with van der Waals surface area (Å²) in [5.74, 6) is -3.79. The molecule has 4 N–H and O–H groups in total. The van der Waals surface area contributed by atoms with Crippen LogP contribution in [-0.4, -0.2) is 46.5 Å². The molecular formula is C25H34FN5O6. The molecule has 2 aromatic rings. The molecule has 2 rings (SSSR count). The number of nitrogen functional groups attached to an aromatic ring is 1. The highest BCUT2D eigenvalue weighted by Gasteiger charge is 2.29. The van der Waals surface area contributed by atoms with Crippen molar-refractivity contribution in [3.8, 4) is 0 Å². The number of esters is 1. The van der Waals surface area contributed by atoms with Gasteiger partial charge in [-0.25, -0.2) is 14.0 Å². The van der Waals surface area contributed by atoms with Crippen LogP contribution in [0.25, 0.3) is 0 Å². The molecule has 0 saturated carbocycles. The van der Waals surface area contributed by atoms with Crippen molar-refractivity contribution < 1.29 is 23.5 Å². The van der Waals surface area contributed by atoms with Crippen LogP contribution in [0, 0.1) is 11.7 Å². The Bertz CT molecular complexity index is 1240. The molecule has 0 bridgehead atoms. The van der Waals surface area contributed by atoms with Crippen molar-refractivity contribution in [3.05, 3.63) is 56.5 Å². The van der Waals surface area contributed by atoms with Gasteiger partial charge in [0.1, 0.15) is 17.7 Å². The Hall–Kier alpha value is -3.96. The fourth-order valence-corrected chi connectivity index (χ4v) is 3.62. The highest BCUT2D eigenvalue weighted by atomic mass is 19.1. The van der Waals surface area contributed by atoms with E-state index in [0.717, 1.165) is 11.0 Å². The Balaban J connectivity index is 2.24. The largest absolute Gasteiger partial charge is 0.454 e. The second-order valence-corrected chi connectivity index (χ2v) is 8.83. The summed E-state index contributed by atoms with van der Waals surface area (Å²) in [4.78, 5) is 66.5. The van der Waals surface area contributed by atoms with Crippen LogP contribution in [0.4, 0.5) is 15.9 Å². The second-order valence-electron chi connectivity index (χ2n) is 8.83. The molecule has 37 heavy (non-hydrogen) atoms. The van der Waals surface area contributed by atoms with E-state index in [1.165, 1.54) is 22.8 Å². The minimum atomic E-state index is -1.16. The van der Waals surface area contributed by atoms with Crippen molar-refractivity contribution >= 4 is 29.3 Å².